The van der Waals surface area contributed by atoms with Crippen molar-refractivity contribution in [2.75, 3.05) is 17.1 Å². The summed E-state index contributed by atoms with van der Waals surface area (Å²) in [7, 11) is -3.52. The molecule has 2 bridgehead atoms. The second kappa shape index (κ2) is 6.39. The van der Waals surface area contributed by atoms with Gasteiger partial charge in [0.2, 0.25) is 15.9 Å². The molecule has 0 aliphatic heterocycles. The highest BCUT2D eigenvalue weighted by Gasteiger charge is 2.40. The van der Waals surface area contributed by atoms with Crippen LogP contribution in [0.4, 0.5) is 5.69 Å². The average Bonchev–Trinajstić information content (AvgIpc) is 3.04. The fourth-order valence-electron chi connectivity index (χ4n) is 4.30. The quantitative estimate of drug-likeness (QED) is 0.886. The molecule has 1 aromatic rings. The first kappa shape index (κ1) is 17.3. The smallest absolute Gasteiger partial charge is 0.241 e. The monoisotopic (exact) mass is 350 g/mol. The molecule has 132 valence electrons. The van der Waals surface area contributed by atoms with E-state index in [1.54, 1.807) is 12.1 Å². The van der Waals surface area contributed by atoms with Crippen molar-refractivity contribution in [3.05, 3.63) is 29.3 Å². The van der Waals surface area contributed by atoms with Crippen molar-refractivity contribution in [3.8, 4) is 0 Å². The van der Waals surface area contributed by atoms with Gasteiger partial charge in [0.1, 0.15) is 6.54 Å². The Morgan fingerprint density at radius 2 is 1.83 bits per heavy atom. The number of amides is 1. The molecule has 2 aliphatic carbocycles. The minimum absolute atomic E-state index is 0.157. The Morgan fingerprint density at radius 3 is 2.33 bits per heavy atom. The zero-order valence-electron chi connectivity index (χ0n) is 14.6. The van der Waals surface area contributed by atoms with Crippen LogP contribution in [0.2, 0.25) is 0 Å². The number of carbonyl (C=O) groups excluding carboxylic acids is 1. The Bertz CT molecular complexity index is 724. The van der Waals surface area contributed by atoms with E-state index in [-0.39, 0.29) is 18.5 Å². The number of nitrogens with zero attached hydrogens (tertiary/aromatic N) is 1. The van der Waals surface area contributed by atoms with Gasteiger partial charge in [-0.15, -0.1) is 0 Å². The summed E-state index contributed by atoms with van der Waals surface area (Å²) in [6.07, 6.45) is 5.85. The summed E-state index contributed by atoms with van der Waals surface area (Å²) in [5.41, 5.74) is 2.51. The van der Waals surface area contributed by atoms with Crippen LogP contribution in [0.15, 0.2) is 18.2 Å². The van der Waals surface area contributed by atoms with E-state index in [1.807, 2.05) is 19.9 Å². The summed E-state index contributed by atoms with van der Waals surface area (Å²) in [5.74, 6) is 1.11. The molecule has 2 fully saturated rings. The van der Waals surface area contributed by atoms with Crippen LogP contribution in [0.5, 0.6) is 0 Å². The summed E-state index contributed by atoms with van der Waals surface area (Å²) in [4.78, 5) is 12.5. The number of hydrogen-bond donors (Lipinski definition) is 1. The first-order chi connectivity index (χ1) is 11.2. The molecule has 2 saturated carbocycles. The van der Waals surface area contributed by atoms with Crippen molar-refractivity contribution in [2.45, 2.75) is 45.6 Å². The maximum Gasteiger partial charge on any atom is 0.241 e. The van der Waals surface area contributed by atoms with Gasteiger partial charge < -0.3 is 5.32 Å². The van der Waals surface area contributed by atoms with Crippen LogP contribution in [-0.4, -0.2) is 33.2 Å². The van der Waals surface area contributed by atoms with Gasteiger partial charge in [-0.3, -0.25) is 9.10 Å². The number of aryl methyl sites for hydroxylation is 2. The molecule has 1 amide bonds. The topological polar surface area (TPSA) is 66.5 Å². The lowest BCUT2D eigenvalue weighted by Crippen LogP contribution is -2.45. The molecular weight excluding hydrogens is 324 g/mol. The van der Waals surface area contributed by atoms with Crippen LogP contribution in [0.25, 0.3) is 0 Å². The van der Waals surface area contributed by atoms with Gasteiger partial charge in [0.05, 0.1) is 11.9 Å². The van der Waals surface area contributed by atoms with Crippen LogP contribution in [-0.2, 0) is 14.8 Å². The van der Waals surface area contributed by atoms with E-state index < -0.39 is 10.0 Å². The summed E-state index contributed by atoms with van der Waals surface area (Å²) < 4.78 is 25.6. The van der Waals surface area contributed by atoms with Gasteiger partial charge in [0.15, 0.2) is 0 Å². The molecule has 1 aromatic carbocycles. The highest BCUT2D eigenvalue weighted by atomic mass is 32.2. The van der Waals surface area contributed by atoms with E-state index in [0.29, 0.717) is 11.6 Å². The third-order valence-corrected chi connectivity index (χ3v) is 6.41. The third-order valence-electron chi connectivity index (χ3n) is 5.27. The molecule has 6 heteroatoms. The Hall–Kier alpha value is -1.56. The lowest BCUT2D eigenvalue weighted by Gasteiger charge is -2.26. The zero-order chi connectivity index (χ0) is 17.5. The van der Waals surface area contributed by atoms with Crippen molar-refractivity contribution in [3.63, 3.8) is 0 Å². The van der Waals surface area contributed by atoms with Gasteiger partial charge in [-0.2, -0.15) is 0 Å². The Labute approximate surface area is 144 Å². The Morgan fingerprint density at radius 1 is 1.17 bits per heavy atom. The van der Waals surface area contributed by atoms with Crippen molar-refractivity contribution < 1.29 is 13.2 Å². The van der Waals surface area contributed by atoms with Crippen molar-refractivity contribution in [2.24, 2.45) is 11.8 Å². The van der Waals surface area contributed by atoms with Gasteiger partial charge in [0, 0.05) is 6.04 Å². The second-order valence-corrected chi connectivity index (χ2v) is 9.37. The SMILES string of the molecule is Cc1cc(C)cc(N(CC(=O)N[C@@H]2C[C@@H]3CC[C@H]2C3)S(C)(=O)=O)c1. The number of sulfonamides is 1. The van der Waals surface area contributed by atoms with Crippen LogP contribution in [0.1, 0.15) is 36.8 Å². The van der Waals surface area contributed by atoms with Gasteiger partial charge in [-0.1, -0.05) is 12.5 Å². The number of carbonyl (C=O) groups is 1. The van der Waals surface area contributed by atoms with E-state index >= 15 is 0 Å². The zero-order valence-corrected chi connectivity index (χ0v) is 15.4. The summed E-state index contributed by atoms with van der Waals surface area (Å²) in [6, 6.07) is 5.81. The summed E-state index contributed by atoms with van der Waals surface area (Å²) >= 11 is 0. The molecule has 24 heavy (non-hydrogen) atoms. The first-order valence-corrected chi connectivity index (χ1v) is 10.4. The third kappa shape index (κ3) is 3.74. The fourth-order valence-corrected chi connectivity index (χ4v) is 5.14. The molecule has 2 aliphatic rings. The molecule has 0 unspecified atom stereocenters. The fraction of sp³-hybridized carbons (Fsp3) is 0.611. The molecule has 3 rings (SSSR count). The van der Waals surface area contributed by atoms with Crippen LogP contribution >= 0.6 is 0 Å². The van der Waals surface area contributed by atoms with Gasteiger partial charge in [-0.05, 0) is 68.2 Å². The van der Waals surface area contributed by atoms with Gasteiger partial charge in [0.25, 0.3) is 0 Å². The van der Waals surface area contributed by atoms with E-state index in [4.69, 9.17) is 0 Å². The molecule has 5 nitrogen and oxygen atoms in total. The number of rotatable bonds is 5. The molecule has 0 radical (unpaired) electrons. The summed E-state index contributed by atoms with van der Waals surface area (Å²) in [6.45, 7) is 3.69. The molecule has 0 aromatic heterocycles. The number of benzene rings is 1. The van der Waals surface area contributed by atoms with Crippen LogP contribution in [0, 0.1) is 25.7 Å². The molecule has 3 atom stereocenters. The average molecular weight is 350 g/mol. The standard InChI is InChI=1S/C18H26N2O3S/c1-12-6-13(2)8-16(7-12)20(24(3,22)23)11-18(21)19-17-10-14-4-5-15(17)9-14/h6-8,14-15,17H,4-5,9-11H2,1-3H3,(H,19,21)/t14-,15+,17-/m1/s1. The minimum atomic E-state index is -3.52. The maximum absolute atomic E-state index is 12.5. The minimum Gasteiger partial charge on any atom is -0.352 e. The number of nitrogens with one attached hydrogen (secondary N) is 1. The van der Waals surface area contributed by atoms with E-state index in [9.17, 15) is 13.2 Å². The van der Waals surface area contributed by atoms with E-state index in [2.05, 4.69) is 5.32 Å². The maximum atomic E-state index is 12.5. The molecule has 0 heterocycles. The van der Waals surface area contributed by atoms with Gasteiger partial charge >= 0.3 is 0 Å². The van der Waals surface area contributed by atoms with E-state index in [0.717, 1.165) is 29.7 Å². The van der Waals surface area contributed by atoms with Gasteiger partial charge in [-0.25, -0.2) is 8.42 Å². The second-order valence-electron chi connectivity index (χ2n) is 7.46. The predicted octanol–water partition coefficient (Wildman–Crippen LogP) is 2.37. The Kier molecular flexibility index (Phi) is 4.60. The number of hydrogen-bond acceptors (Lipinski definition) is 3. The Balaban J connectivity index is 1.74. The van der Waals surface area contributed by atoms with Crippen molar-refractivity contribution in [1.29, 1.82) is 0 Å². The summed E-state index contributed by atoms with van der Waals surface area (Å²) in [5, 5.41) is 3.07. The number of fused-ring (bicyclic) bond motifs is 2. The van der Waals surface area contributed by atoms with Crippen molar-refractivity contribution >= 4 is 21.6 Å². The van der Waals surface area contributed by atoms with Crippen LogP contribution < -0.4 is 9.62 Å². The molecule has 1 N–H and O–H groups in total. The lowest BCUT2D eigenvalue weighted by atomic mass is 9.95. The van der Waals surface area contributed by atoms with Crippen LogP contribution in [0.3, 0.4) is 0 Å². The highest BCUT2D eigenvalue weighted by Crippen LogP contribution is 2.44. The predicted molar refractivity (Wildman–Crippen MR) is 95.5 cm³/mol. The van der Waals surface area contributed by atoms with Crippen molar-refractivity contribution in [1.82, 2.24) is 5.32 Å². The lowest BCUT2D eigenvalue weighted by molar-refractivity contribution is -0.120. The van der Waals surface area contributed by atoms with E-state index in [1.165, 1.54) is 23.6 Å². The molecular formula is C18H26N2O3S. The normalized spacial score (nSPS) is 25.7. The first-order valence-electron chi connectivity index (χ1n) is 8.58. The molecule has 0 spiro atoms. The highest BCUT2D eigenvalue weighted by molar-refractivity contribution is 7.92. The largest absolute Gasteiger partial charge is 0.352 e. The molecule has 0 saturated heterocycles. The number of anilines is 1.